The molecule has 10 rings (SSSR count). The van der Waals surface area contributed by atoms with Gasteiger partial charge < -0.3 is 55.5 Å². The van der Waals surface area contributed by atoms with E-state index in [9.17, 15) is 95.7 Å². The molecule has 0 aromatic heterocycles. The number of carboxylic acids is 2. The zero-order chi connectivity index (χ0) is 83.9. The first-order valence-electron chi connectivity index (χ1n) is 38.0. The molecule has 3 heterocycles. The molecule has 3 atom stereocenters. The van der Waals surface area contributed by atoms with E-state index in [-0.39, 0.29) is 96.9 Å². The third kappa shape index (κ3) is 22.0. The number of carboxylic acid groups (broad SMARTS) is 2. The molecule has 5 aromatic carbocycles. The number of urea groups is 1. The molecule has 1 saturated carbocycles. The largest absolute Gasteiger partial charge is 0.748 e. The van der Waals surface area contributed by atoms with Gasteiger partial charge in [-0.05, 0) is 179 Å². The van der Waals surface area contributed by atoms with Gasteiger partial charge in [0.15, 0.2) is 11.5 Å². The molecule has 0 saturated heterocycles. The summed E-state index contributed by atoms with van der Waals surface area (Å²) in [5.41, 5.74) is 3.79. The Morgan fingerprint density at radius 2 is 1.33 bits per heavy atom. The number of carbonyl (C=O) groups excluding carboxylic acids is 5. The highest BCUT2D eigenvalue weighted by Gasteiger charge is 2.46. The summed E-state index contributed by atoms with van der Waals surface area (Å²) in [5, 5.41) is 31.1. The van der Waals surface area contributed by atoms with E-state index in [1.807, 2.05) is 73.6 Å². The second-order valence-corrected chi connectivity index (χ2v) is 37.5. The summed E-state index contributed by atoms with van der Waals surface area (Å²) >= 11 is 0. The van der Waals surface area contributed by atoms with Crippen molar-refractivity contribution in [3.05, 3.63) is 178 Å². The van der Waals surface area contributed by atoms with Crippen LogP contribution in [-0.2, 0) is 81.7 Å². The van der Waals surface area contributed by atoms with Crippen LogP contribution in [0, 0.1) is 5.41 Å². The van der Waals surface area contributed by atoms with E-state index in [0.29, 0.717) is 81.3 Å². The lowest BCUT2D eigenvalue weighted by Crippen LogP contribution is -2.55. The van der Waals surface area contributed by atoms with Crippen LogP contribution in [0.15, 0.2) is 166 Å². The second-order valence-electron chi connectivity index (χ2n) is 31.6. The number of ketones is 1. The lowest BCUT2D eigenvalue weighted by Gasteiger charge is -2.37. The Morgan fingerprint density at radius 3 is 1.97 bits per heavy atom. The number of unbranched alkanes of at least 4 members (excludes halogenated alkanes) is 2. The van der Waals surface area contributed by atoms with Crippen molar-refractivity contribution in [1.29, 1.82) is 0 Å². The number of fused-ring (bicyclic) bond motifs is 3. The molecule has 618 valence electrons. The molecular weight excluding hydrogens is 1570 g/mol. The van der Waals surface area contributed by atoms with Crippen LogP contribution in [-0.4, -0.2) is 176 Å². The summed E-state index contributed by atoms with van der Waals surface area (Å²) in [6.07, 6.45) is 12.7. The fourth-order valence-electron chi connectivity index (χ4n) is 15.3. The van der Waals surface area contributed by atoms with Crippen molar-refractivity contribution in [2.75, 3.05) is 57.7 Å². The van der Waals surface area contributed by atoms with E-state index < -0.39 is 135 Å². The minimum atomic E-state index is -4.67. The number of benzene rings is 5. The number of nitrogens with one attached hydrogen (secondary N) is 4. The first-order chi connectivity index (χ1) is 53.9. The van der Waals surface area contributed by atoms with Crippen molar-refractivity contribution in [3.8, 4) is 5.75 Å². The van der Waals surface area contributed by atoms with Crippen molar-refractivity contribution in [2.45, 2.75) is 190 Å². The highest BCUT2D eigenvalue weighted by atomic mass is 32.2. The van der Waals surface area contributed by atoms with Crippen LogP contribution >= 0.6 is 0 Å². The van der Waals surface area contributed by atoms with Crippen LogP contribution in [0.25, 0.3) is 0 Å². The highest BCUT2D eigenvalue weighted by molar-refractivity contribution is 7.86. The van der Waals surface area contributed by atoms with Gasteiger partial charge in [-0.1, -0.05) is 90.3 Å². The number of hydrogen-bond acceptors (Lipinski definition) is 19. The van der Waals surface area contributed by atoms with Crippen molar-refractivity contribution in [1.82, 2.24) is 16.0 Å². The van der Waals surface area contributed by atoms with Gasteiger partial charge in [-0.3, -0.25) is 32.8 Å². The van der Waals surface area contributed by atoms with E-state index in [4.69, 9.17) is 4.74 Å². The molecule has 30 nitrogen and oxygen atoms in total. The maximum Gasteiger partial charge on any atom is 0.326 e. The number of allylic oxidation sites excluding steroid dienone is 7. The number of amides is 5. The number of anilines is 4. The van der Waals surface area contributed by atoms with Crippen molar-refractivity contribution in [3.63, 3.8) is 0 Å². The predicted molar refractivity (Wildman–Crippen MR) is 430 cm³/mol. The van der Waals surface area contributed by atoms with Crippen LogP contribution in [0.1, 0.15) is 165 Å². The molecule has 9 N–H and O–H groups in total. The molecule has 1 fully saturated rings. The molecule has 34 heteroatoms. The van der Waals surface area contributed by atoms with E-state index in [0.717, 1.165) is 37.8 Å². The summed E-state index contributed by atoms with van der Waals surface area (Å²) in [6, 6.07) is 22.5. The topological polar surface area (TPSA) is 450 Å². The summed E-state index contributed by atoms with van der Waals surface area (Å²) < 4.78 is 147. The Kier molecular flexibility index (Phi) is 27.1. The quantitative estimate of drug-likeness (QED) is 0.0110. The van der Waals surface area contributed by atoms with E-state index >= 15 is 0 Å². The maximum absolute atomic E-state index is 14.6. The van der Waals surface area contributed by atoms with Gasteiger partial charge in [-0.2, -0.15) is 29.8 Å². The minimum Gasteiger partial charge on any atom is -0.748 e. The Balaban J connectivity index is 0.860. The van der Waals surface area contributed by atoms with Crippen LogP contribution in [0.5, 0.6) is 5.75 Å². The summed E-state index contributed by atoms with van der Waals surface area (Å²) in [6.45, 7) is 13.0. The van der Waals surface area contributed by atoms with E-state index in [2.05, 4.69) is 26.2 Å². The van der Waals surface area contributed by atoms with Gasteiger partial charge in [0, 0.05) is 95.3 Å². The fraction of sp³-hybridized carbons (Fsp3) is 0.432. The van der Waals surface area contributed by atoms with Gasteiger partial charge in [-0.15, -0.1) is 0 Å². The second kappa shape index (κ2) is 35.7. The first-order valence-corrected chi connectivity index (χ1v) is 44.0. The third-order valence-corrected chi connectivity index (χ3v) is 24.8. The molecule has 5 amide bonds. The molecule has 115 heavy (non-hydrogen) atoms. The summed E-state index contributed by atoms with van der Waals surface area (Å²) in [4.78, 5) is 99.7. The zero-order valence-corrected chi connectivity index (χ0v) is 68.2. The molecule has 0 bridgehead atoms. The molecule has 0 radical (unpaired) electrons. The van der Waals surface area contributed by atoms with Crippen LogP contribution in [0.2, 0.25) is 0 Å². The van der Waals surface area contributed by atoms with Gasteiger partial charge in [0.05, 0.1) is 49.0 Å². The number of carbonyl (C=O) groups is 7. The molecular formula is C81H98N8O22S4. The Bertz CT molecular complexity index is 5270. The van der Waals surface area contributed by atoms with E-state index in [1.54, 1.807) is 63.2 Å². The summed E-state index contributed by atoms with van der Waals surface area (Å²) in [7, 11) is -18.2. The lowest BCUT2D eigenvalue weighted by molar-refractivity contribution is -0.438. The van der Waals surface area contributed by atoms with Crippen LogP contribution in [0.3, 0.4) is 0 Å². The standard InChI is InChI=1S/C81H98N8O22S4/c1-79(2,3)71(90)50-89-68-26-12-11-25-67(68)88(56-23-9-8-10-24-56)49-64(75(89)93)85-78(98)82-55-22-18-21-54(46-55)74(92)84-62(76(94)95)35-40-72(91)83-63(77(96)97)45-51-27-31-57(32-28-51)111-73-52(29-38-69-80(4,5)60-47-58(114(105,106)107)33-36-65(60)86(69)41-13-15-43-112(99,100)101)19-17-20-53(73)30-39-70-81(6,7)61-48-59(115(108,109)110)34-37-66(61)87(70)42-14-16-44-113(102,103)104/h11-12,18,21-22,25-34,36-39,46-48,56,62-64H,8-10,13-17,19-20,23-24,35,40-45,49-50H2,1-7H3,(H9-,82,83,84,85,91,92,94,95,96,97,98,99,100,101,102,103,104,105,106,107,108,109,110)/t62-,63+,64+/m1/s1. The average Bonchev–Trinajstić information content (AvgIpc) is 1.59. The van der Waals surface area contributed by atoms with Crippen molar-refractivity contribution in [2.24, 2.45) is 5.41 Å². The molecule has 0 unspecified atom stereocenters. The van der Waals surface area contributed by atoms with Gasteiger partial charge in [0.1, 0.15) is 36.2 Å². The number of ether oxygens (including phenoxy) is 1. The van der Waals surface area contributed by atoms with Gasteiger partial charge >= 0.3 is 18.0 Å². The molecule has 0 spiro atoms. The normalized spacial score (nSPS) is 18.5. The Hall–Kier alpha value is -9.94. The third-order valence-electron chi connectivity index (χ3n) is 21.5. The molecule has 5 aromatic rings. The Morgan fingerprint density at radius 1 is 0.678 bits per heavy atom. The number of rotatable bonds is 32. The SMILES string of the molecule is CC(C)(C)C(=O)CN1C(=O)[C@@H](NC(=O)Nc2cccc(C(=O)N[C@H](CCC(=O)N[C@@H](Cc3ccc(OC4=C(/C=C/C5=[N+](CCCCS(=O)(=O)[O-])c6ccc(S(=O)(=O)O)cc6C5(C)C)CCC/C4=C\C=C4\N(CCCCS(=O)(=O)O)c5ccc(S(=O)(=O)O)cc5C4(C)C)cc3)C(=O)O)C(=O)O)c2)CN(C2CCCCC2)c2ccccc21. The van der Waals surface area contributed by atoms with Crippen LogP contribution < -0.4 is 40.7 Å². The minimum absolute atomic E-state index is 0.0130. The molecule has 5 aliphatic rings. The number of para-hydroxylation sites is 2. The number of Topliss-reactive ketones (excluding diaryl/α,β-unsaturated/α-hetero) is 1. The first kappa shape index (κ1) is 87.4. The molecule has 2 aliphatic carbocycles. The van der Waals surface area contributed by atoms with Gasteiger partial charge in [0.2, 0.25) is 11.6 Å². The average molecular weight is 1660 g/mol. The van der Waals surface area contributed by atoms with E-state index in [1.165, 1.54) is 59.5 Å². The predicted octanol–water partition coefficient (Wildman–Crippen LogP) is 10.3. The van der Waals surface area contributed by atoms with Crippen molar-refractivity contribution < 1.29 is 105 Å². The number of nitrogens with zero attached hydrogens (tertiary/aromatic N) is 4. The van der Waals surface area contributed by atoms with Crippen LogP contribution in [0.4, 0.5) is 33.2 Å². The monoisotopic (exact) mass is 1660 g/mol. The zero-order valence-electron chi connectivity index (χ0n) is 65.0. The highest BCUT2D eigenvalue weighted by Crippen LogP contribution is 2.50. The van der Waals surface area contributed by atoms with Gasteiger partial charge in [-0.25, -0.2) is 22.8 Å². The smallest absolute Gasteiger partial charge is 0.326 e. The van der Waals surface area contributed by atoms with Crippen molar-refractivity contribution >= 4 is 116 Å². The lowest BCUT2D eigenvalue weighted by atomic mass is 9.81. The van der Waals surface area contributed by atoms with Gasteiger partial charge in [0.25, 0.3) is 42.2 Å². The number of hydrogen-bond donors (Lipinski definition) is 9. The maximum atomic E-state index is 14.6. The number of aliphatic carboxylic acids is 2. The molecule has 3 aliphatic heterocycles. The fourth-order valence-corrected chi connectivity index (χ4v) is 17.4. The summed E-state index contributed by atoms with van der Waals surface area (Å²) in [5.74, 6) is -5.89. The Labute approximate surface area is 669 Å².